The van der Waals surface area contributed by atoms with Crippen molar-refractivity contribution in [2.45, 2.75) is 18.9 Å². The molecule has 0 aromatic heterocycles. The minimum atomic E-state index is 0.386. The van der Waals surface area contributed by atoms with E-state index in [1.54, 1.807) is 12.3 Å². The van der Waals surface area contributed by atoms with Gasteiger partial charge in [-0.05, 0) is 18.9 Å². The molecule has 10 heavy (non-hydrogen) atoms. The SMILES string of the molecule is N/C(=C\C=NC1CC1)CCl. The van der Waals surface area contributed by atoms with Crippen LogP contribution in [0.3, 0.4) is 0 Å². The van der Waals surface area contributed by atoms with Crippen molar-refractivity contribution in [3.05, 3.63) is 11.8 Å². The molecule has 0 radical (unpaired) electrons. The van der Waals surface area contributed by atoms with Crippen molar-refractivity contribution in [3.63, 3.8) is 0 Å². The predicted molar refractivity (Wildman–Crippen MR) is 44.5 cm³/mol. The van der Waals surface area contributed by atoms with Crippen LogP contribution >= 0.6 is 11.6 Å². The number of alkyl halides is 1. The molecule has 1 aliphatic carbocycles. The smallest absolute Gasteiger partial charge is 0.0620 e. The quantitative estimate of drug-likeness (QED) is 0.488. The first kappa shape index (κ1) is 7.61. The highest BCUT2D eigenvalue weighted by Gasteiger charge is 2.18. The summed E-state index contributed by atoms with van der Waals surface area (Å²) in [6, 6.07) is 0.569. The van der Waals surface area contributed by atoms with Crippen LogP contribution in [0.2, 0.25) is 0 Å². The molecule has 2 N–H and O–H groups in total. The molecule has 1 saturated carbocycles. The molecule has 2 nitrogen and oxygen atoms in total. The van der Waals surface area contributed by atoms with Gasteiger partial charge < -0.3 is 5.73 Å². The van der Waals surface area contributed by atoms with Crippen molar-refractivity contribution < 1.29 is 0 Å². The third-order valence-electron chi connectivity index (χ3n) is 1.29. The second-order valence-electron chi connectivity index (χ2n) is 2.40. The maximum atomic E-state index is 5.43. The van der Waals surface area contributed by atoms with Gasteiger partial charge in [-0.3, -0.25) is 4.99 Å². The Hall–Kier alpha value is -0.500. The normalized spacial score (nSPS) is 20.3. The number of allylic oxidation sites excluding steroid dienone is 2. The molecule has 0 atom stereocenters. The van der Waals surface area contributed by atoms with Crippen LogP contribution in [0.1, 0.15) is 12.8 Å². The minimum absolute atomic E-state index is 0.386. The van der Waals surface area contributed by atoms with E-state index in [1.807, 2.05) is 0 Å². The van der Waals surface area contributed by atoms with Gasteiger partial charge in [0, 0.05) is 11.9 Å². The van der Waals surface area contributed by atoms with E-state index in [0.29, 0.717) is 17.6 Å². The van der Waals surface area contributed by atoms with Gasteiger partial charge in [0.15, 0.2) is 0 Å². The molecule has 0 unspecified atom stereocenters. The zero-order valence-corrected chi connectivity index (χ0v) is 6.51. The van der Waals surface area contributed by atoms with Crippen LogP contribution in [0.25, 0.3) is 0 Å². The standard InChI is InChI=1S/C7H11ClN2/c8-5-6(9)3-4-10-7-1-2-7/h3-4,7H,1-2,5,9H2/b6-3-,10-4?. The first-order valence-corrected chi connectivity index (χ1v) is 3.90. The Morgan fingerprint density at radius 3 is 2.90 bits per heavy atom. The summed E-state index contributed by atoms with van der Waals surface area (Å²) in [6.07, 6.45) is 5.96. The maximum Gasteiger partial charge on any atom is 0.0620 e. The van der Waals surface area contributed by atoms with Crippen LogP contribution in [0, 0.1) is 0 Å². The van der Waals surface area contributed by atoms with Gasteiger partial charge in [-0.2, -0.15) is 0 Å². The van der Waals surface area contributed by atoms with Crippen molar-refractivity contribution in [2.24, 2.45) is 10.7 Å². The lowest BCUT2D eigenvalue weighted by atomic mass is 10.5. The first-order valence-electron chi connectivity index (χ1n) is 3.36. The largest absolute Gasteiger partial charge is 0.401 e. The van der Waals surface area contributed by atoms with Crippen LogP contribution in [0.4, 0.5) is 0 Å². The van der Waals surface area contributed by atoms with Crippen LogP contribution < -0.4 is 5.73 Å². The minimum Gasteiger partial charge on any atom is -0.401 e. The van der Waals surface area contributed by atoms with Crippen molar-refractivity contribution in [1.29, 1.82) is 0 Å². The number of nitrogens with two attached hydrogens (primary N) is 1. The van der Waals surface area contributed by atoms with Gasteiger partial charge in [0.05, 0.1) is 11.9 Å². The van der Waals surface area contributed by atoms with Gasteiger partial charge in [-0.25, -0.2) is 0 Å². The summed E-state index contributed by atoms with van der Waals surface area (Å²) in [6.45, 7) is 0. The summed E-state index contributed by atoms with van der Waals surface area (Å²) in [7, 11) is 0. The highest BCUT2D eigenvalue weighted by atomic mass is 35.5. The fourth-order valence-corrected chi connectivity index (χ4v) is 0.618. The summed E-state index contributed by atoms with van der Waals surface area (Å²) in [5.41, 5.74) is 6.09. The summed E-state index contributed by atoms with van der Waals surface area (Å²) >= 11 is 5.43. The molecule has 0 aromatic carbocycles. The monoisotopic (exact) mass is 158 g/mol. The average molecular weight is 159 g/mol. The van der Waals surface area contributed by atoms with Crippen LogP contribution in [-0.4, -0.2) is 18.1 Å². The second kappa shape index (κ2) is 3.62. The fraction of sp³-hybridized carbons (Fsp3) is 0.571. The topological polar surface area (TPSA) is 38.4 Å². The Morgan fingerprint density at radius 1 is 1.70 bits per heavy atom. The van der Waals surface area contributed by atoms with Gasteiger partial charge >= 0.3 is 0 Å². The summed E-state index contributed by atoms with van der Waals surface area (Å²) < 4.78 is 0. The zero-order chi connectivity index (χ0) is 7.40. The number of halogens is 1. The van der Waals surface area contributed by atoms with E-state index in [1.165, 1.54) is 12.8 Å². The molecule has 0 saturated heterocycles. The lowest BCUT2D eigenvalue weighted by Crippen LogP contribution is -1.97. The predicted octanol–water partition coefficient (Wildman–Crippen LogP) is 1.30. The van der Waals surface area contributed by atoms with Gasteiger partial charge in [-0.15, -0.1) is 11.6 Å². The number of hydrogen-bond donors (Lipinski definition) is 1. The first-order chi connectivity index (χ1) is 4.83. The highest BCUT2D eigenvalue weighted by molar-refractivity contribution is 6.19. The number of aliphatic imine (C=N–C) groups is 1. The molecule has 56 valence electrons. The zero-order valence-electron chi connectivity index (χ0n) is 5.76. The lowest BCUT2D eigenvalue weighted by molar-refractivity contribution is 1.08. The number of nitrogens with zero attached hydrogens (tertiary/aromatic N) is 1. The van der Waals surface area contributed by atoms with Crippen molar-refractivity contribution in [2.75, 3.05) is 5.88 Å². The Balaban J connectivity index is 2.23. The van der Waals surface area contributed by atoms with E-state index in [0.717, 1.165) is 0 Å². The van der Waals surface area contributed by atoms with E-state index in [-0.39, 0.29) is 0 Å². The van der Waals surface area contributed by atoms with E-state index in [2.05, 4.69) is 4.99 Å². The Labute approximate surface area is 65.8 Å². The lowest BCUT2D eigenvalue weighted by Gasteiger charge is -1.87. The third kappa shape index (κ3) is 2.87. The van der Waals surface area contributed by atoms with Gasteiger partial charge in [0.2, 0.25) is 0 Å². The molecule has 0 aliphatic heterocycles. The van der Waals surface area contributed by atoms with Crippen molar-refractivity contribution in [3.8, 4) is 0 Å². The Morgan fingerprint density at radius 2 is 2.40 bits per heavy atom. The molecule has 0 bridgehead atoms. The number of hydrogen-bond acceptors (Lipinski definition) is 2. The van der Waals surface area contributed by atoms with Crippen LogP contribution in [0.5, 0.6) is 0 Å². The second-order valence-corrected chi connectivity index (χ2v) is 2.67. The number of rotatable bonds is 3. The molecular formula is C7H11ClN2. The molecule has 0 heterocycles. The molecule has 1 fully saturated rings. The fourth-order valence-electron chi connectivity index (χ4n) is 0.529. The molecule has 1 aliphatic rings. The van der Waals surface area contributed by atoms with Crippen LogP contribution in [-0.2, 0) is 0 Å². The van der Waals surface area contributed by atoms with E-state index in [9.17, 15) is 0 Å². The summed E-state index contributed by atoms with van der Waals surface area (Å²) in [5, 5.41) is 0. The van der Waals surface area contributed by atoms with Gasteiger partial charge in [0.25, 0.3) is 0 Å². The Bertz CT molecular complexity index is 159. The van der Waals surface area contributed by atoms with Crippen molar-refractivity contribution >= 4 is 17.8 Å². The molecule has 1 rings (SSSR count). The summed E-state index contributed by atoms with van der Waals surface area (Å²) in [5.74, 6) is 0.386. The highest BCUT2D eigenvalue weighted by Crippen LogP contribution is 2.22. The van der Waals surface area contributed by atoms with E-state index in [4.69, 9.17) is 17.3 Å². The molecule has 0 aromatic rings. The molecular weight excluding hydrogens is 148 g/mol. The summed E-state index contributed by atoms with van der Waals surface area (Å²) in [4.78, 5) is 4.18. The van der Waals surface area contributed by atoms with Crippen LogP contribution in [0.15, 0.2) is 16.8 Å². The molecule has 0 amide bonds. The maximum absolute atomic E-state index is 5.43. The van der Waals surface area contributed by atoms with E-state index < -0.39 is 0 Å². The Kier molecular flexibility index (Phi) is 2.75. The molecule has 3 heteroatoms. The van der Waals surface area contributed by atoms with Gasteiger partial charge in [-0.1, -0.05) is 0 Å². The molecule has 0 spiro atoms. The average Bonchev–Trinajstić information content (AvgIpc) is 2.71. The van der Waals surface area contributed by atoms with Gasteiger partial charge in [0.1, 0.15) is 0 Å². The van der Waals surface area contributed by atoms with Crippen molar-refractivity contribution in [1.82, 2.24) is 0 Å². The van der Waals surface area contributed by atoms with E-state index >= 15 is 0 Å². The third-order valence-corrected chi connectivity index (χ3v) is 1.60.